The third-order valence-electron chi connectivity index (χ3n) is 3.27. The molecule has 0 aliphatic heterocycles. The molecule has 1 unspecified atom stereocenters. The minimum Gasteiger partial charge on any atom is -0.478 e. The molecule has 0 aliphatic carbocycles. The van der Waals surface area contributed by atoms with Crippen LogP contribution in [0.25, 0.3) is 0 Å². The van der Waals surface area contributed by atoms with Gasteiger partial charge in [0.15, 0.2) is 0 Å². The minimum absolute atomic E-state index is 0.0704. The highest BCUT2D eigenvalue weighted by molar-refractivity contribution is 5.88. The summed E-state index contributed by atoms with van der Waals surface area (Å²) in [6.45, 7) is 8.54. The number of carbonyl (C=O) groups is 2. The van der Waals surface area contributed by atoms with Crippen LogP contribution in [0.15, 0.2) is 24.3 Å². The summed E-state index contributed by atoms with van der Waals surface area (Å²) in [7, 11) is 0. The zero-order valence-electron chi connectivity index (χ0n) is 13.3. The van der Waals surface area contributed by atoms with Gasteiger partial charge in [-0.15, -0.1) is 0 Å². The van der Waals surface area contributed by atoms with Crippen molar-refractivity contribution in [3.63, 3.8) is 0 Å². The van der Waals surface area contributed by atoms with Gasteiger partial charge in [-0.2, -0.15) is 0 Å². The monoisotopic (exact) mass is 291 g/mol. The molecule has 1 amide bonds. The molecule has 1 aromatic rings. The summed E-state index contributed by atoms with van der Waals surface area (Å²) < 4.78 is 0. The van der Waals surface area contributed by atoms with Gasteiger partial charge >= 0.3 is 5.97 Å². The molecular formula is C17H25NO3. The van der Waals surface area contributed by atoms with Crippen LogP contribution in [0.2, 0.25) is 0 Å². The Morgan fingerprint density at radius 3 is 2.52 bits per heavy atom. The van der Waals surface area contributed by atoms with Crippen molar-refractivity contribution >= 4 is 11.9 Å². The Morgan fingerprint density at radius 1 is 1.29 bits per heavy atom. The van der Waals surface area contributed by atoms with E-state index in [1.807, 2.05) is 6.92 Å². The Morgan fingerprint density at radius 2 is 1.95 bits per heavy atom. The summed E-state index contributed by atoms with van der Waals surface area (Å²) in [4.78, 5) is 22.9. The van der Waals surface area contributed by atoms with Gasteiger partial charge in [0.25, 0.3) is 0 Å². The first-order valence-corrected chi connectivity index (χ1v) is 7.29. The molecular weight excluding hydrogens is 266 g/mol. The first kappa shape index (κ1) is 17.2. The number of nitrogens with one attached hydrogen (secondary N) is 1. The minimum atomic E-state index is -0.976. The van der Waals surface area contributed by atoms with Crippen LogP contribution < -0.4 is 5.32 Å². The molecule has 2 N–H and O–H groups in total. The van der Waals surface area contributed by atoms with Crippen molar-refractivity contribution in [3.8, 4) is 0 Å². The van der Waals surface area contributed by atoms with Crippen LogP contribution in [0.1, 0.15) is 56.5 Å². The van der Waals surface area contributed by atoms with Crippen LogP contribution in [0.5, 0.6) is 0 Å². The molecule has 116 valence electrons. The fourth-order valence-electron chi connectivity index (χ4n) is 2.05. The Hall–Kier alpha value is -1.84. The Balaban J connectivity index is 2.50. The van der Waals surface area contributed by atoms with Gasteiger partial charge in [-0.25, -0.2) is 4.79 Å². The number of carbonyl (C=O) groups excluding carboxylic acids is 1. The van der Waals surface area contributed by atoms with E-state index in [1.54, 1.807) is 18.2 Å². The molecule has 0 aromatic heterocycles. The largest absolute Gasteiger partial charge is 0.478 e. The fourth-order valence-corrected chi connectivity index (χ4v) is 2.05. The highest BCUT2D eigenvalue weighted by atomic mass is 16.4. The summed E-state index contributed by atoms with van der Waals surface area (Å²) in [5.74, 6) is -1.05. The van der Waals surface area contributed by atoms with Gasteiger partial charge in [-0.3, -0.25) is 4.79 Å². The zero-order valence-corrected chi connectivity index (χ0v) is 13.3. The summed E-state index contributed by atoms with van der Waals surface area (Å²) in [5.41, 5.74) is 1.19. The molecule has 21 heavy (non-hydrogen) atoms. The topological polar surface area (TPSA) is 66.4 Å². The van der Waals surface area contributed by atoms with Crippen LogP contribution in [-0.2, 0) is 11.2 Å². The van der Waals surface area contributed by atoms with Gasteiger partial charge in [-0.1, -0.05) is 32.9 Å². The third-order valence-corrected chi connectivity index (χ3v) is 3.27. The SMILES string of the molecule is CC(CCC(C)(C)C)NC(=O)Cc1cccc(C(=O)O)c1. The van der Waals surface area contributed by atoms with E-state index in [0.717, 1.165) is 18.4 Å². The lowest BCUT2D eigenvalue weighted by molar-refractivity contribution is -0.121. The second-order valence-electron chi connectivity index (χ2n) is 6.75. The molecule has 0 bridgehead atoms. The van der Waals surface area contributed by atoms with E-state index in [2.05, 4.69) is 26.1 Å². The van der Waals surface area contributed by atoms with E-state index >= 15 is 0 Å². The number of hydrogen-bond donors (Lipinski definition) is 2. The zero-order chi connectivity index (χ0) is 16.0. The van der Waals surface area contributed by atoms with Crippen LogP contribution >= 0.6 is 0 Å². The number of rotatable bonds is 6. The van der Waals surface area contributed by atoms with Gasteiger partial charge in [0.2, 0.25) is 5.91 Å². The van der Waals surface area contributed by atoms with Crippen molar-refractivity contribution < 1.29 is 14.7 Å². The molecule has 0 aliphatic rings. The number of benzene rings is 1. The van der Waals surface area contributed by atoms with E-state index in [4.69, 9.17) is 5.11 Å². The number of carboxylic acids is 1. The predicted octanol–water partition coefficient (Wildman–Crippen LogP) is 3.26. The maximum atomic E-state index is 12.0. The first-order valence-electron chi connectivity index (χ1n) is 7.29. The predicted molar refractivity (Wildman–Crippen MR) is 83.4 cm³/mol. The molecule has 0 radical (unpaired) electrons. The summed E-state index contributed by atoms with van der Waals surface area (Å²) in [6.07, 6.45) is 2.19. The summed E-state index contributed by atoms with van der Waals surface area (Å²) in [6, 6.07) is 6.62. The second-order valence-corrected chi connectivity index (χ2v) is 6.75. The molecule has 4 heteroatoms. The molecule has 0 heterocycles. The normalized spacial score (nSPS) is 12.8. The molecule has 1 atom stereocenters. The molecule has 1 aromatic carbocycles. The molecule has 4 nitrogen and oxygen atoms in total. The quantitative estimate of drug-likeness (QED) is 0.845. The van der Waals surface area contributed by atoms with Crippen molar-refractivity contribution in [1.29, 1.82) is 0 Å². The molecule has 1 rings (SSSR count). The van der Waals surface area contributed by atoms with Crippen molar-refractivity contribution in [2.24, 2.45) is 5.41 Å². The van der Waals surface area contributed by atoms with E-state index in [1.165, 1.54) is 6.07 Å². The Labute approximate surface area is 126 Å². The molecule has 0 saturated carbocycles. The van der Waals surface area contributed by atoms with Gasteiger partial charge < -0.3 is 10.4 Å². The lowest BCUT2D eigenvalue weighted by Gasteiger charge is -2.21. The Kier molecular flexibility index (Phi) is 5.94. The number of carboxylic acid groups (broad SMARTS) is 1. The Bertz CT molecular complexity index is 503. The molecule has 0 fully saturated rings. The van der Waals surface area contributed by atoms with E-state index in [9.17, 15) is 9.59 Å². The average molecular weight is 291 g/mol. The van der Waals surface area contributed by atoms with Crippen molar-refractivity contribution in [2.75, 3.05) is 0 Å². The van der Waals surface area contributed by atoms with Crippen LogP contribution in [0, 0.1) is 5.41 Å². The van der Waals surface area contributed by atoms with Crippen LogP contribution in [0.3, 0.4) is 0 Å². The standard InChI is InChI=1S/C17H25NO3/c1-12(8-9-17(2,3)4)18-15(19)11-13-6-5-7-14(10-13)16(20)21/h5-7,10,12H,8-9,11H2,1-4H3,(H,18,19)(H,20,21). The van der Waals surface area contributed by atoms with Crippen molar-refractivity contribution in [2.45, 2.75) is 53.0 Å². The smallest absolute Gasteiger partial charge is 0.335 e. The number of hydrogen-bond acceptors (Lipinski definition) is 2. The molecule has 0 saturated heterocycles. The maximum Gasteiger partial charge on any atom is 0.335 e. The van der Waals surface area contributed by atoms with Gasteiger partial charge in [0, 0.05) is 6.04 Å². The second kappa shape index (κ2) is 7.25. The summed E-state index contributed by atoms with van der Waals surface area (Å²) >= 11 is 0. The lowest BCUT2D eigenvalue weighted by Crippen LogP contribution is -2.34. The summed E-state index contributed by atoms with van der Waals surface area (Å²) in [5, 5.41) is 11.9. The van der Waals surface area contributed by atoms with E-state index < -0.39 is 5.97 Å². The fraction of sp³-hybridized carbons (Fsp3) is 0.529. The number of aromatic carboxylic acids is 1. The number of amides is 1. The highest BCUT2D eigenvalue weighted by Gasteiger charge is 2.14. The third kappa shape index (κ3) is 6.93. The molecule has 0 spiro atoms. The van der Waals surface area contributed by atoms with Crippen LogP contribution in [-0.4, -0.2) is 23.0 Å². The first-order chi connectivity index (χ1) is 9.67. The van der Waals surface area contributed by atoms with Crippen molar-refractivity contribution in [3.05, 3.63) is 35.4 Å². The van der Waals surface area contributed by atoms with E-state index in [0.29, 0.717) is 0 Å². The average Bonchev–Trinajstić information content (AvgIpc) is 2.35. The van der Waals surface area contributed by atoms with E-state index in [-0.39, 0.29) is 29.3 Å². The van der Waals surface area contributed by atoms with Gasteiger partial charge in [0.1, 0.15) is 0 Å². The highest BCUT2D eigenvalue weighted by Crippen LogP contribution is 2.21. The van der Waals surface area contributed by atoms with Gasteiger partial charge in [-0.05, 0) is 42.9 Å². The lowest BCUT2D eigenvalue weighted by atomic mass is 9.89. The van der Waals surface area contributed by atoms with Gasteiger partial charge in [0.05, 0.1) is 12.0 Å². The van der Waals surface area contributed by atoms with Crippen molar-refractivity contribution in [1.82, 2.24) is 5.32 Å². The maximum absolute atomic E-state index is 12.0. The van der Waals surface area contributed by atoms with Crippen LogP contribution in [0.4, 0.5) is 0 Å².